The van der Waals surface area contributed by atoms with E-state index in [1.54, 1.807) is 0 Å². The van der Waals surface area contributed by atoms with Gasteiger partial charge in [-0.3, -0.25) is 4.72 Å². The molecule has 2 rings (SSSR count). The number of nitrogens with one attached hydrogen (secondary N) is 1. The summed E-state index contributed by atoms with van der Waals surface area (Å²) in [4.78, 5) is -0.174. The maximum absolute atomic E-state index is 13.7. The zero-order valence-corrected chi connectivity index (χ0v) is 14.9. The molecule has 2 aromatic carbocycles. The van der Waals surface area contributed by atoms with Gasteiger partial charge in [0.05, 0.1) is 10.2 Å². The van der Waals surface area contributed by atoms with Crippen LogP contribution < -0.4 is 10.5 Å². The van der Waals surface area contributed by atoms with Gasteiger partial charge in [-0.25, -0.2) is 12.8 Å². The van der Waals surface area contributed by atoms with E-state index in [0.717, 1.165) is 6.07 Å². The summed E-state index contributed by atoms with van der Waals surface area (Å²) in [5.41, 5.74) is 5.64. The standard InChI is InChI=1S/C12H8Br2ClFN2O2S/c13-6-1-2-8(16)10(3-6)18-21(19,20)11-5-7(15)4-9(17)12(11)14/h1-5,18H,17H2. The predicted octanol–water partition coefficient (Wildman–Crippen LogP) is 4.39. The van der Waals surface area contributed by atoms with Crippen molar-refractivity contribution in [3.8, 4) is 0 Å². The highest BCUT2D eigenvalue weighted by atomic mass is 79.9. The Morgan fingerprint density at radius 2 is 1.86 bits per heavy atom. The van der Waals surface area contributed by atoms with Crippen molar-refractivity contribution in [2.24, 2.45) is 0 Å². The van der Waals surface area contributed by atoms with E-state index in [1.807, 2.05) is 0 Å². The smallest absolute Gasteiger partial charge is 0.263 e. The molecule has 9 heteroatoms. The maximum Gasteiger partial charge on any atom is 0.263 e. The molecule has 2 aromatic rings. The second kappa shape index (κ2) is 6.12. The summed E-state index contributed by atoms with van der Waals surface area (Å²) < 4.78 is 41.2. The molecule has 0 aromatic heterocycles. The van der Waals surface area contributed by atoms with Gasteiger partial charge in [-0.15, -0.1) is 0 Å². The Kier molecular flexibility index (Phi) is 4.82. The van der Waals surface area contributed by atoms with Crippen LogP contribution in [0, 0.1) is 5.82 Å². The third kappa shape index (κ3) is 3.68. The Bertz CT molecular complexity index is 815. The zero-order valence-electron chi connectivity index (χ0n) is 10.2. The maximum atomic E-state index is 13.7. The molecular formula is C12H8Br2ClFN2O2S. The predicted molar refractivity (Wildman–Crippen MR) is 88.5 cm³/mol. The van der Waals surface area contributed by atoms with Crippen LogP contribution in [0.1, 0.15) is 0 Å². The Hall–Kier alpha value is -0.830. The van der Waals surface area contributed by atoms with Crippen molar-refractivity contribution in [1.29, 1.82) is 0 Å². The van der Waals surface area contributed by atoms with Crippen LogP contribution in [0.3, 0.4) is 0 Å². The highest BCUT2D eigenvalue weighted by molar-refractivity contribution is 9.10. The second-order valence-electron chi connectivity index (χ2n) is 4.04. The molecule has 0 unspecified atom stereocenters. The summed E-state index contributed by atoms with van der Waals surface area (Å²) >= 11 is 12.0. The van der Waals surface area contributed by atoms with Gasteiger partial charge in [0, 0.05) is 15.2 Å². The van der Waals surface area contributed by atoms with Gasteiger partial charge >= 0.3 is 0 Å². The van der Waals surface area contributed by atoms with Gasteiger partial charge < -0.3 is 5.73 Å². The van der Waals surface area contributed by atoms with E-state index in [2.05, 4.69) is 36.6 Å². The van der Waals surface area contributed by atoms with Crippen LogP contribution in [-0.4, -0.2) is 8.42 Å². The van der Waals surface area contributed by atoms with Gasteiger partial charge in [-0.2, -0.15) is 0 Å². The molecule has 0 spiro atoms. The largest absolute Gasteiger partial charge is 0.398 e. The molecule has 0 bridgehead atoms. The third-order valence-corrected chi connectivity index (χ3v) is 5.74. The molecule has 4 nitrogen and oxygen atoms in total. The molecule has 0 amide bonds. The van der Waals surface area contributed by atoms with Crippen molar-refractivity contribution in [3.63, 3.8) is 0 Å². The lowest BCUT2D eigenvalue weighted by molar-refractivity contribution is 0.598. The van der Waals surface area contributed by atoms with Gasteiger partial charge in [0.1, 0.15) is 10.7 Å². The van der Waals surface area contributed by atoms with Gasteiger partial charge in [0.15, 0.2) is 0 Å². The van der Waals surface area contributed by atoms with Crippen LogP contribution in [0.4, 0.5) is 15.8 Å². The summed E-state index contributed by atoms with van der Waals surface area (Å²) in [6.45, 7) is 0. The quantitative estimate of drug-likeness (QED) is 0.671. The summed E-state index contributed by atoms with van der Waals surface area (Å²) in [7, 11) is -4.05. The van der Waals surface area contributed by atoms with E-state index < -0.39 is 15.8 Å². The number of halogens is 4. The van der Waals surface area contributed by atoms with Crippen LogP contribution in [0.15, 0.2) is 44.2 Å². The molecule has 0 radical (unpaired) electrons. The first-order valence-electron chi connectivity index (χ1n) is 5.43. The highest BCUT2D eigenvalue weighted by Gasteiger charge is 2.21. The molecule has 3 N–H and O–H groups in total. The first-order valence-corrected chi connectivity index (χ1v) is 8.88. The number of nitrogens with two attached hydrogens (primary N) is 1. The minimum atomic E-state index is -4.05. The van der Waals surface area contributed by atoms with E-state index in [4.69, 9.17) is 17.3 Å². The van der Waals surface area contributed by atoms with Crippen LogP contribution in [0.2, 0.25) is 5.02 Å². The molecule has 0 atom stereocenters. The van der Waals surface area contributed by atoms with Crippen molar-refractivity contribution in [1.82, 2.24) is 0 Å². The topological polar surface area (TPSA) is 72.2 Å². The minimum Gasteiger partial charge on any atom is -0.398 e. The van der Waals surface area contributed by atoms with Crippen molar-refractivity contribution >= 4 is 64.9 Å². The summed E-state index contributed by atoms with van der Waals surface area (Å²) in [5.74, 6) is -0.701. The second-order valence-corrected chi connectivity index (χ2v) is 7.83. The number of nitrogen functional groups attached to an aromatic ring is 1. The van der Waals surface area contributed by atoms with E-state index in [1.165, 1.54) is 24.3 Å². The van der Waals surface area contributed by atoms with E-state index in [0.29, 0.717) is 4.47 Å². The number of hydrogen-bond acceptors (Lipinski definition) is 3. The fraction of sp³-hybridized carbons (Fsp3) is 0. The first kappa shape index (κ1) is 16.5. The van der Waals surface area contributed by atoms with Crippen LogP contribution >= 0.6 is 43.5 Å². The fourth-order valence-corrected chi connectivity index (χ4v) is 4.27. The van der Waals surface area contributed by atoms with Crippen LogP contribution in [-0.2, 0) is 10.0 Å². The lowest BCUT2D eigenvalue weighted by Crippen LogP contribution is -2.15. The van der Waals surface area contributed by atoms with Gasteiger partial charge in [-0.1, -0.05) is 27.5 Å². The average Bonchev–Trinajstić information content (AvgIpc) is 2.37. The summed E-state index contributed by atoms with van der Waals surface area (Å²) in [6.07, 6.45) is 0. The van der Waals surface area contributed by atoms with Crippen molar-refractivity contribution in [2.45, 2.75) is 4.90 Å². The summed E-state index contributed by atoms with van der Waals surface area (Å²) in [6, 6.07) is 6.54. The van der Waals surface area contributed by atoms with E-state index >= 15 is 0 Å². The Balaban J connectivity index is 2.51. The molecule has 0 aliphatic rings. The van der Waals surface area contributed by atoms with Crippen molar-refractivity contribution in [3.05, 3.63) is 50.1 Å². The van der Waals surface area contributed by atoms with E-state index in [9.17, 15) is 12.8 Å². The average molecular weight is 459 g/mol. The van der Waals surface area contributed by atoms with Gasteiger partial charge in [0.25, 0.3) is 10.0 Å². The first-order chi connectivity index (χ1) is 9.70. The highest BCUT2D eigenvalue weighted by Crippen LogP contribution is 2.33. The molecule has 21 heavy (non-hydrogen) atoms. The van der Waals surface area contributed by atoms with Crippen molar-refractivity contribution in [2.75, 3.05) is 10.5 Å². The Labute approximate surface area is 142 Å². The number of hydrogen-bond donors (Lipinski definition) is 2. The normalized spacial score (nSPS) is 11.4. The third-order valence-electron chi connectivity index (χ3n) is 2.49. The number of anilines is 2. The monoisotopic (exact) mass is 456 g/mol. The van der Waals surface area contributed by atoms with Gasteiger partial charge in [0.2, 0.25) is 0 Å². The summed E-state index contributed by atoms with van der Waals surface area (Å²) in [5, 5.41) is 0.158. The molecule has 0 saturated carbocycles. The number of benzene rings is 2. The molecule has 112 valence electrons. The zero-order chi connectivity index (χ0) is 15.8. The molecule has 0 aliphatic carbocycles. The molecular weight excluding hydrogens is 450 g/mol. The number of sulfonamides is 1. The molecule has 0 saturated heterocycles. The van der Waals surface area contributed by atoms with Gasteiger partial charge in [-0.05, 0) is 46.3 Å². The van der Waals surface area contributed by atoms with Crippen LogP contribution in [0.25, 0.3) is 0 Å². The Morgan fingerprint density at radius 3 is 2.52 bits per heavy atom. The molecule has 0 heterocycles. The lowest BCUT2D eigenvalue weighted by Gasteiger charge is -2.12. The van der Waals surface area contributed by atoms with Crippen LogP contribution in [0.5, 0.6) is 0 Å². The fourth-order valence-electron chi connectivity index (χ4n) is 1.56. The SMILES string of the molecule is Nc1cc(Cl)cc(S(=O)(=O)Nc2cc(Br)ccc2F)c1Br. The van der Waals surface area contributed by atoms with Crippen molar-refractivity contribution < 1.29 is 12.8 Å². The minimum absolute atomic E-state index is 0.158. The van der Waals surface area contributed by atoms with E-state index in [-0.39, 0.29) is 25.8 Å². The molecule has 0 aliphatic heterocycles. The number of rotatable bonds is 3. The molecule has 0 fully saturated rings. The Morgan fingerprint density at radius 1 is 1.19 bits per heavy atom. The lowest BCUT2D eigenvalue weighted by atomic mass is 10.3.